The zero-order chi connectivity index (χ0) is 40.0. The Hall–Kier alpha value is -1.16. The van der Waals surface area contributed by atoms with Gasteiger partial charge in [0.15, 0.2) is 0 Å². The van der Waals surface area contributed by atoms with Crippen molar-refractivity contribution in [2.75, 3.05) is 6.54 Å². The van der Waals surface area contributed by atoms with E-state index >= 15 is 0 Å². The van der Waals surface area contributed by atoms with Crippen LogP contribution in [0.15, 0.2) is 12.2 Å². The summed E-state index contributed by atoms with van der Waals surface area (Å²) in [5.41, 5.74) is 0. The Labute approximate surface area is 345 Å². The van der Waals surface area contributed by atoms with Crippen molar-refractivity contribution < 1.29 is 14.7 Å². The van der Waals surface area contributed by atoms with E-state index in [2.05, 4.69) is 31.3 Å². The SMILES string of the molecule is CCCCCCCC/C=C\CCCCCCCC(=O)CCCCCCCCCCCCCCC(=O)NC[C@H](O)CCCCCCCCCCCCCCCC. The molecule has 0 aromatic carbocycles. The van der Waals surface area contributed by atoms with Crippen molar-refractivity contribution in [1.29, 1.82) is 0 Å². The van der Waals surface area contributed by atoms with Crippen molar-refractivity contribution in [2.45, 2.75) is 296 Å². The standard InChI is InChI=1S/C51H99NO3/c1-3-5-7-9-11-13-15-17-19-21-24-28-32-36-40-44-49(53)45-41-37-33-29-25-22-23-27-31-35-39-43-47-51(55)52-48-50(54)46-42-38-34-30-26-20-18-16-14-12-10-8-6-4-2/h17,19,50,54H,3-16,18,20-48H2,1-2H3,(H,52,55)/b19-17-/t50-/m1/s1. The fourth-order valence-corrected chi connectivity index (χ4v) is 7.89. The first-order chi connectivity index (χ1) is 27.1. The Morgan fingerprint density at radius 2 is 0.691 bits per heavy atom. The van der Waals surface area contributed by atoms with E-state index in [0.717, 1.165) is 51.4 Å². The van der Waals surface area contributed by atoms with E-state index in [0.29, 0.717) is 18.7 Å². The molecule has 0 bridgehead atoms. The van der Waals surface area contributed by atoms with Crippen molar-refractivity contribution in [3.05, 3.63) is 12.2 Å². The number of rotatable bonds is 47. The normalized spacial score (nSPS) is 12.2. The van der Waals surface area contributed by atoms with E-state index < -0.39 is 6.10 Å². The molecule has 2 N–H and O–H groups in total. The van der Waals surface area contributed by atoms with Gasteiger partial charge in [0.05, 0.1) is 6.10 Å². The summed E-state index contributed by atoms with van der Waals surface area (Å²) in [4.78, 5) is 24.4. The lowest BCUT2D eigenvalue weighted by Crippen LogP contribution is -2.31. The van der Waals surface area contributed by atoms with Gasteiger partial charge in [0, 0.05) is 25.8 Å². The average molecular weight is 774 g/mol. The lowest BCUT2D eigenvalue weighted by atomic mass is 10.0. The van der Waals surface area contributed by atoms with Crippen LogP contribution in [-0.4, -0.2) is 29.4 Å². The predicted molar refractivity (Wildman–Crippen MR) is 243 cm³/mol. The van der Waals surface area contributed by atoms with E-state index in [9.17, 15) is 14.7 Å². The molecule has 1 amide bonds. The number of carbonyl (C=O) groups excluding carboxylic acids is 2. The zero-order valence-corrected chi connectivity index (χ0v) is 37.6. The third-order valence-electron chi connectivity index (χ3n) is 11.8. The summed E-state index contributed by atoms with van der Waals surface area (Å²) >= 11 is 0. The number of unbranched alkanes of at least 4 members (excludes halogenated alkanes) is 35. The monoisotopic (exact) mass is 774 g/mol. The van der Waals surface area contributed by atoms with Gasteiger partial charge in [0.25, 0.3) is 0 Å². The Bertz CT molecular complexity index is 795. The molecule has 326 valence electrons. The molecule has 1 atom stereocenters. The molecule has 0 unspecified atom stereocenters. The van der Waals surface area contributed by atoms with Crippen LogP contribution >= 0.6 is 0 Å². The maximum Gasteiger partial charge on any atom is 0.220 e. The summed E-state index contributed by atoms with van der Waals surface area (Å²) in [6.45, 7) is 4.97. The molecular formula is C51H99NO3. The third-order valence-corrected chi connectivity index (χ3v) is 11.8. The molecule has 0 spiro atoms. The Morgan fingerprint density at radius 1 is 0.400 bits per heavy atom. The number of nitrogens with one attached hydrogen (secondary N) is 1. The van der Waals surface area contributed by atoms with Gasteiger partial charge in [-0.1, -0.05) is 231 Å². The van der Waals surface area contributed by atoms with Crippen LogP contribution in [0.25, 0.3) is 0 Å². The van der Waals surface area contributed by atoms with Crippen LogP contribution in [0.2, 0.25) is 0 Å². The van der Waals surface area contributed by atoms with Gasteiger partial charge in [-0.15, -0.1) is 0 Å². The van der Waals surface area contributed by atoms with Crippen LogP contribution in [0.5, 0.6) is 0 Å². The first-order valence-electron chi connectivity index (χ1n) is 25.2. The summed E-state index contributed by atoms with van der Waals surface area (Å²) in [6.07, 6.45) is 58.0. The molecule has 0 aliphatic heterocycles. The molecule has 0 fully saturated rings. The van der Waals surface area contributed by atoms with Gasteiger partial charge in [-0.25, -0.2) is 0 Å². The third kappa shape index (κ3) is 47.1. The largest absolute Gasteiger partial charge is 0.391 e. The average Bonchev–Trinajstić information content (AvgIpc) is 3.18. The van der Waals surface area contributed by atoms with Gasteiger partial charge < -0.3 is 10.4 Å². The van der Waals surface area contributed by atoms with Gasteiger partial charge in [0.2, 0.25) is 5.91 Å². The number of allylic oxidation sites excluding steroid dienone is 2. The lowest BCUT2D eigenvalue weighted by molar-refractivity contribution is -0.121. The fourth-order valence-electron chi connectivity index (χ4n) is 7.89. The smallest absolute Gasteiger partial charge is 0.220 e. The highest BCUT2D eigenvalue weighted by Crippen LogP contribution is 2.16. The molecule has 0 aliphatic carbocycles. The van der Waals surface area contributed by atoms with Crippen LogP contribution in [0.4, 0.5) is 0 Å². The minimum atomic E-state index is -0.400. The zero-order valence-electron chi connectivity index (χ0n) is 37.6. The molecule has 0 heterocycles. The summed E-state index contributed by atoms with van der Waals surface area (Å²) in [5, 5.41) is 13.2. The molecule has 0 rings (SSSR count). The van der Waals surface area contributed by atoms with Gasteiger partial charge in [-0.2, -0.15) is 0 Å². The lowest BCUT2D eigenvalue weighted by Gasteiger charge is -2.12. The molecule has 0 saturated carbocycles. The topological polar surface area (TPSA) is 66.4 Å². The van der Waals surface area contributed by atoms with Gasteiger partial charge in [-0.3, -0.25) is 9.59 Å². The molecule has 4 nitrogen and oxygen atoms in total. The van der Waals surface area contributed by atoms with Crippen LogP contribution in [0.3, 0.4) is 0 Å². The molecule has 55 heavy (non-hydrogen) atoms. The maximum atomic E-state index is 12.2. The first-order valence-corrected chi connectivity index (χ1v) is 25.2. The fraction of sp³-hybridized carbons (Fsp3) is 0.922. The summed E-state index contributed by atoms with van der Waals surface area (Å²) in [5.74, 6) is 0.588. The van der Waals surface area contributed by atoms with E-state index in [1.165, 1.54) is 218 Å². The Kier molecular flexibility index (Phi) is 46.2. The number of aliphatic hydroxyl groups excluding tert-OH is 1. The minimum absolute atomic E-state index is 0.0998. The number of hydrogen-bond donors (Lipinski definition) is 2. The number of amides is 1. The van der Waals surface area contributed by atoms with Crippen molar-refractivity contribution in [2.24, 2.45) is 0 Å². The first kappa shape index (κ1) is 53.8. The molecule has 0 aromatic rings. The van der Waals surface area contributed by atoms with Crippen LogP contribution < -0.4 is 5.32 Å². The Balaban J connectivity index is 3.31. The number of Topliss-reactive ketones (excluding diaryl/α,β-unsaturated/α-hetero) is 1. The van der Waals surface area contributed by atoms with E-state index in [-0.39, 0.29) is 5.91 Å². The molecular weight excluding hydrogens is 675 g/mol. The molecule has 0 aromatic heterocycles. The van der Waals surface area contributed by atoms with Crippen molar-refractivity contribution in [3.8, 4) is 0 Å². The number of ketones is 1. The van der Waals surface area contributed by atoms with Crippen LogP contribution in [0, 0.1) is 0 Å². The number of hydrogen-bond acceptors (Lipinski definition) is 3. The Morgan fingerprint density at radius 3 is 1.05 bits per heavy atom. The summed E-state index contributed by atoms with van der Waals surface area (Å²) in [6, 6.07) is 0. The second-order valence-corrected chi connectivity index (χ2v) is 17.5. The maximum absolute atomic E-state index is 12.2. The molecule has 0 radical (unpaired) electrons. The second kappa shape index (κ2) is 47.2. The van der Waals surface area contributed by atoms with Gasteiger partial charge in [-0.05, 0) is 51.4 Å². The molecule has 0 aliphatic rings. The van der Waals surface area contributed by atoms with Crippen molar-refractivity contribution in [1.82, 2.24) is 5.32 Å². The van der Waals surface area contributed by atoms with Gasteiger partial charge >= 0.3 is 0 Å². The van der Waals surface area contributed by atoms with E-state index in [1.807, 2.05) is 0 Å². The number of aliphatic hydroxyl groups is 1. The van der Waals surface area contributed by atoms with Gasteiger partial charge in [0.1, 0.15) is 5.78 Å². The van der Waals surface area contributed by atoms with E-state index in [1.54, 1.807) is 0 Å². The highest BCUT2D eigenvalue weighted by Gasteiger charge is 2.07. The van der Waals surface area contributed by atoms with Crippen molar-refractivity contribution >= 4 is 11.7 Å². The summed E-state index contributed by atoms with van der Waals surface area (Å²) < 4.78 is 0. The molecule has 0 saturated heterocycles. The number of carbonyl (C=O) groups is 2. The van der Waals surface area contributed by atoms with Crippen molar-refractivity contribution in [3.63, 3.8) is 0 Å². The second-order valence-electron chi connectivity index (χ2n) is 17.5. The van der Waals surface area contributed by atoms with E-state index in [4.69, 9.17) is 0 Å². The van der Waals surface area contributed by atoms with Crippen LogP contribution in [0.1, 0.15) is 290 Å². The summed E-state index contributed by atoms with van der Waals surface area (Å²) in [7, 11) is 0. The van der Waals surface area contributed by atoms with Crippen LogP contribution in [-0.2, 0) is 9.59 Å². The highest BCUT2D eigenvalue weighted by molar-refractivity contribution is 5.78. The minimum Gasteiger partial charge on any atom is -0.391 e. The predicted octanol–water partition coefficient (Wildman–Crippen LogP) is 16.4. The highest BCUT2D eigenvalue weighted by atomic mass is 16.3. The molecule has 4 heteroatoms. The quantitative estimate of drug-likeness (QED) is 0.0478.